The summed E-state index contributed by atoms with van der Waals surface area (Å²) in [5.74, 6) is -15.1. The van der Waals surface area contributed by atoms with E-state index < -0.39 is 211 Å². The Morgan fingerprint density at radius 2 is 1.35 bits per heavy atom. The van der Waals surface area contributed by atoms with Gasteiger partial charge in [-0.05, 0) is 146 Å². The molecule has 4 saturated carbocycles. The van der Waals surface area contributed by atoms with E-state index in [1.54, 1.807) is 26.0 Å². The molecule has 2 N–H and O–H groups in total. The van der Waals surface area contributed by atoms with Crippen LogP contribution >= 0.6 is 0 Å². The number of ether oxygens (including phenoxy) is 3. The van der Waals surface area contributed by atoms with Gasteiger partial charge in [-0.2, -0.15) is 13.2 Å². The summed E-state index contributed by atoms with van der Waals surface area (Å²) in [4.78, 5) is 197. The van der Waals surface area contributed by atoms with E-state index in [9.17, 15) is 31.5 Å². The van der Waals surface area contributed by atoms with E-state index >= 15 is 47.9 Å². The van der Waals surface area contributed by atoms with Gasteiger partial charge in [-0.3, -0.25) is 57.5 Å². The number of carbonyl (C=O) groups excluding carboxylic acids is 12. The van der Waals surface area contributed by atoms with Crippen LogP contribution < -0.4 is 10.6 Å². The molecule has 0 aromatic heterocycles. The zero-order chi connectivity index (χ0) is 81.0. The highest BCUT2D eigenvalue weighted by atomic mass is 19.4. The fourth-order valence-electron chi connectivity index (χ4n) is 18.1. The molecule has 8 rings (SSSR count). The van der Waals surface area contributed by atoms with Gasteiger partial charge >= 0.3 is 6.18 Å². The molecular formula is C78H123F5N12O15. The number of alkyl halides is 5. The lowest BCUT2D eigenvalue weighted by Crippen LogP contribution is -2.68. The van der Waals surface area contributed by atoms with E-state index in [2.05, 4.69) is 10.6 Å². The van der Waals surface area contributed by atoms with E-state index in [-0.39, 0.29) is 129 Å². The number of halogens is 5. The summed E-state index contributed by atoms with van der Waals surface area (Å²) in [6.45, 7) is 6.20. The topological polar surface area (TPSA) is 289 Å². The van der Waals surface area contributed by atoms with Gasteiger partial charge in [0.25, 0.3) is 0 Å². The second-order valence-electron chi connectivity index (χ2n) is 32.6. The third-order valence-corrected chi connectivity index (χ3v) is 25.3. The zero-order valence-corrected chi connectivity index (χ0v) is 67.0. The number of hydrogen-bond donors (Lipinski definition) is 2. The molecule has 14 atom stereocenters. The van der Waals surface area contributed by atoms with Crippen LogP contribution in [0.4, 0.5) is 22.0 Å². The molecule has 0 radical (unpaired) electrons. The SMILES string of the molecule is CCCOC[C@H]1C(=O)N[C@@H]([C@@H](C)CC)C(=O)N2CCC[C@H]2C(=O)N(C)[C@H]2C/C=C\CCN(C2=O)[C@@H](CC2CCC(F)(F)CC2)C(=O)N(C)CC(=O)N[C@@H](CCC2CCC(C(F)(F)F)C(OC)C2)C(=O)N2C[C@H](OCC)C[C@H]2C(=O)N(C)C2(CCC2)C(=O)N(C)[C@@H](C2CCCC2)C(=O)N(C)[C@H](C(=O)N(C)C)CC(=O)N1C. The predicted octanol–water partition coefficient (Wildman–Crippen LogP) is 5.79. The molecule has 0 aromatic rings. The van der Waals surface area contributed by atoms with E-state index in [1.807, 2.05) is 13.8 Å². The highest BCUT2D eigenvalue weighted by Crippen LogP contribution is 2.45. The monoisotopic (exact) mass is 1560 g/mol. The van der Waals surface area contributed by atoms with Gasteiger partial charge in [-0.1, -0.05) is 52.2 Å². The third-order valence-electron chi connectivity index (χ3n) is 25.3. The molecule has 4 aliphatic heterocycles. The second-order valence-corrected chi connectivity index (χ2v) is 32.6. The van der Waals surface area contributed by atoms with Crippen molar-refractivity contribution in [2.75, 3.05) is 109 Å². The van der Waals surface area contributed by atoms with Crippen molar-refractivity contribution in [2.45, 2.75) is 272 Å². The van der Waals surface area contributed by atoms with Gasteiger partial charge in [-0.25, -0.2) is 8.78 Å². The van der Waals surface area contributed by atoms with Crippen LogP contribution in [0.25, 0.3) is 0 Å². The molecule has 7 fully saturated rings. The normalized spacial score (nSPS) is 31.3. The van der Waals surface area contributed by atoms with Crippen LogP contribution in [-0.2, 0) is 71.7 Å². The van der Waals surface area contributed by atoms with Gasteiger partial charge in [0.2, 0.25) is 76.8 Å². The summed E-state index contributed by atoms with van der Waals surface area (Å²) in [7, 11) is 12.5. The lowest BCUT2D eigenvalue weighted by atomic mass is 9.73. The maximum Gasteiger partial charge on any atom is 0.394 e. The fraction of sp³-hybridized carbons (Fsp3) is 0.821. The van der Waals surface area contributed by atoms with Crippen molar-refractivity contribution in [3.8, 4) is 0 Å². The number of rotatable bonds is 16. The molecule has 110 heavy (non-hydrogen) atoms. The van der Waals surface area contributed by atoms with Gasteiger partial charge in [0.05, 0.1) is 37.7 Å². The number of amides is 12. The molecule has 620 valence electrons. The molecule has 12 amide bonds. The molecule has 8 aliphatic rings. The van der Waals surface area contributed by atoms with Crippen LogP contribution in [-0.4, -0.2) is 314 Å². The van der Waals surface area contributed by atoms with Crippen molar-refractivity contribution >= 4 is 70.9 Å². The number of likely N-dealkylation sites (N-methyl/N-ethyl adjacent to an activating group) is 7. The number of methoxy groups -OCH3 is 1. The van der Waals surface area contributed by atoms with Crippen LogP contribution in [0.1, 0.15) is 188 Å². The van der Waals surface area contributed by atoms with E-state index in [0.29, 0.717) is 51.4 Å². The molecule has 4 aliphatic carbocycles. The summed E-state index contributed by atoms with van der Waals surface area (Å²) in [6.07, 6.45) is -0.292. The van der Waals surface area contributed by atoms with Crippen molar-refractivity contribution in [2.24, 2.45) is 29.6 Å². The van der Waals surface area contributed by atoms with Crippen LogP contribution in [0, 0.1) is 29.6 Å². The Balaban J connectivity index is 1.22. The minimum atomic E-state index is -4.55. The number of fused-ring (bicyclic) bond motifs is 4. The van der Waals surface area contributed by atoms with E-state index in [0.717, 1.165) is 14.7 Å². The van der Waals surface area contributed by atoms with Gasteiger partial charge < -0.3 is 73.8 Å². The smallest absolute Gasteiger partial charge is 0.381 e. The standard InChI is InChI=1S/C78H123F5N12O15/c1-14-40-109-47-60-66(98)85-64(48(4)15-2)73(105)93-39-22-27-56(93)70(102)89(9)55-26-18-17-21-38-94(72(55)104)58(41-50-32-36-77(79,80)37-33-50)69(101)87(7)46-62(96)84-54(31-29-49-28-30-53(78(81,82)83)61(42-49)108-13)67(99)95-45-52(110-16-3)43-59(95)71(103)92(12)76(34-23-35-76)75(107)91(11)65(51-24-19-20-25-51)74(106)90(10)57(68(100)86(5)6)44-63(97)88(60)8/h17-18,48-61,64-65H,14-16,19-47H2,1-13H3,(H,84,96)(H,85,98)/b18-17-/t48-,49?,52+,53?,54-,55-,56-,57-,58-,59-,60-,61?,64-,65-/m0/s1. The van der Waals surface area contributed by atoms with Gasteiger partial charge in [0.1, 0.15) is 59.9 Å². The zero-order valence-electron chi connectivity index (χ0n) is 67.0. The highest BCUT2D eigenvalue weighted by Gasteiger charge is 2.57. The first kappa shape index (κ1) is 88.5. The first-order valence-corrected chi connectivity index (χ1v) is 40.1. The van der Waals surface area contributed by atoms with Crippen molar-refractivity contribution in [1.29, 1.82) is 0 Å². The molecule has 3 unspecified atom stereocenters. The Morgan fingerprint density at radius 3 is 1.95 bits per heavy atom. The van der Waals surface area contributed by atoms with Crippen molar-refractivity contribution in [3.05, 3.63) is 12.2 Å². The molecule has 32 heteroatoms. The Bertz CT molecular complexity index is 3290. The van der Waals surface area contributed by atoms with Gasteiger partial charge in [-0.15, -0.1) is 0 Å². The number of nitrogens with zero attached hydrogens (tertiary/aromatic N) is 10. The first-order valence-electron chi connectivity index (χ1n) is 40.1. The molecule has 27 nitrogen and oxygen atoms in total. The van der Waals surface area contributed by atoms with Gasteiger partial charge in [0, 0.05) is 116 Å². The van der Waals surface area contributed by atoms with Crippen molar-refractivity contribution in [1.82, 2.24) is 59.6 Å². The predicted molar refractivity (Wildman–Crippen MR) is 395 cm³/mol. The molecular weight excluding hydrogens is 1440 g/mol. The quantitative estimate of drug-likeness (QED) is 0.105. The highest BCUT2D eigenvalue weighted by molar-refractivity contribution is 6.01. The summed E-state index contributed by atoms with van der Waals surface area (Å²) in [5.41, 5.74) is -1.58. The second kappa shape index (κ2) is 38.6. The Kier molecular flexibility index (Phi) is 31.1. The number of carbonyl (C=O) groups is 12. The van der Waals surface area contributed by atoms with Gasteiger partial charge in [0.15, 0.2) is 0 Å². The van der Waals surface area contributed by atoms with Crippen LogP contribution in [0.3, 0.4) is 0 Å². The summed E-state index contributed by atoms with van der Waals surface area (Å²) in [6, 6.07) is -12.1. The Labute approximate surface area is 645 Å². The Hall–Kier alpha value is -7.09. The average molecular weight is 1560 g/mol. The maximum atomic E-state index is 15.8. The minimum Gasteiger partial charge on any atom is -0.381 e. The molecule has 2 bridgehead atoms. The third kappa shape index (κ3) is 20.5. The fourth-order valence-corrected chi connectivity index (χ4v) is 18.1. The van der Waals surface area contributed by atoms with Crippen LogP contribution in [0.15, 0.2) is 12.2 Å². The lowest BCUT2D eigenvalue weighted by molar-refractivity contribution is -0.215. The van der Waals surface area contributed by atoms with Crippen LogP contribution in [0.5, 0.6) is 0 Å². The largest absolute Gasteiger partial charge is 0.394 e. The van der Waals surface area contributed by atoms with Crippen molar-refractivity contribution < 1.29 is 93.7 Å². The maximum absolute atomic E-state index is 15.8. The minimum absolute atomic E-state index is 0.00308. The average Bonchev–Trinajstić information content (AvgIpc) is 1.16. The molecule has 3 saturated heterocycles. The molecule has 0 aromatic carbocycles. The molecule has 4 heterocycles. The summed E-state index contributed by atoms with van der Waals surface area (Å²) in [5, 5.41) is 5.74. The first-order chi connectivity index (χ1) is 52.0. The Morgan fingerprint density at radius 1 is 0.664 bits per heavy atom. The summed E-state index contributed by atoms with van der Waals surface area (Å²) >= 11 is 0. The van der Waals surface area contributed by atoms with E-state index in [1.165, 1.54) is 97.8 Å². The summed E-state index contributed by atoms with van der Waals surface area (Å²) < 4.78 is 90.4. The number of hydrogen-bond acceptors (Lipinski definition) is 15. The lowest BCUT2D eigenvalue weighted by Gasteiger charge is -2.51. The molecule has 1 spiro atoms. The number of nitrogens with one attached hydrogen (secondary N) is 2. The van der Waals surface area contributed by atoms with Crippen LogP contribution in [0.2, 0.25) is 0 Å². The van der Waals surface area contributed by atoms with E-state index in [4.69, 9.17) is 14.2 Å². The van der Waals surface area contributed by atoms with Crippen molar-refractivity contribution in [3.63, 3.8) is 0 Å².